The molecular formula is C22H28N2O5. The lowest BCUT2D eigenvalue weighted by molar-refractivity contribution is -0.149. The molecule has 2 aliphatic rings. The smallest absolute Gasteiger partial charge is 0.306 e. The number of ether oxygens (including phenoxy) is 1. The van der Waals surface area contributed by atoms with Crippen molar-refractivity contribution in [3.8, 4) is 0 Å². The summed E-state index contributed by atoms with van der Waals surface area (Å²) in [4.78, 5) is 49.7. The van der Waals surface area contributed by atoms with E-state index >= 15 is 0 Å². The molecule has 0 aromatic heterocycles. The highest BCUT2D eigenvalue weighted by Crippen LogP contribution is 2.29. The predicted octanol–water partition coefficient (Wildman–Crippen LogP) is 2.55. The van der Waals surface area contributed by atoms with Crippen LogP contribution < -0.4 is 5.32 Å². The standard InChI is InChI=1S/C22H28N2O5/c1-14-7-5-10-18(15(14)2)23-19(25)13-29-20(26)11-6-12-24-21(27)16-8-3-4-9-17(16)22(24)28/h3-4,8-9,14-15,18H,5-7,10-13H2,1-2H3,(H,23,25)/t14-,15-,18-/m1/s1. The molecule has 156 valence electrons. The van der Waals surface area contributed by atoms with Crippen LogP contribution in [0.5, 0.6) is 0 Å². The van der Waals surface area contributed by atoms with Crippen LogP contribution in [0.15, 0.2) is 24.3 Å². The lowest BCUT2D eigenvalue weighted by Gasteiger charge is -2.34. The molecule has 29 heavy (non-hydrogen) atoms. The molecule has 7 heteroatoms. The number of carbonyl (C=O) groups is 4. The van der Waals surface area contributed by atoms with Gasteiger partial charge in [-0.25, -0.2) is 0 Å². The molecule has 0 saturated heterocycles. The van der Waals surface area contributed by atoms with E-state index in [4.69, 9.17) is 4.74 Å². The SMILES string of the molecule is C[C@@H]1[C@H](C)CCC[C@H]1NC(=O)COC(=O)CCCN1C(=O)c2ccccc2C1=O. The van der Waals surface area contributed by atoms with Gasteiger partial charge in [-0.05, 0) is 36.8 Å². The molecule has 3 rings (SSSR count). The summed E-state index contributed by atoms with van der Waals surface area (Å²) >= 11 is 0. The quantitative estimate of drug-likeness (QED) is 0.561. The first kappa shape index (κ1) is 21.0. The summed E-state index contributed by atoms with van der Waals surface area (Å²) in [7, 11) is 0. The van der Waals surface area contributed by atoms with Crippen LogP contribution in [-0.2, 0) is 14.3 Å². The first-order valence-electron chi connectivity index (χ1n) is 10.3. The third-order valence-electron chi connectivity index (χ3n) is 6.06. The van der Waals surface area contributed by atoms with E-state index in [1.54, 1.807) is 24.3 Å². The fourth-order valence-corrected chi connectivity index (χ4v) is 4.08. The van der Waals surface area contributed by atoms with Gasteiger partial charge in [-0.15, -0.1) is 0 Å². The normalized spacial score (nSPS) is 23.7. The van der Waals surface area contributed by atoms with Gasteiger partial charge < -0.3 is 10.1 Å². The Kier molecular flexibility index (Phi) is 6.67. The zero-order valence-corrected chi connectivity index (χ0v) is 17.0. The molecule has 0 radical (unpaired) electrons. The molecule has 7 nitrogen and oxygen atoms in total. The number of rotatable bonds is 7. The Morgan fingerprint density at radius 2 is 1.76 bits per heavy atom. The minimum Gasteiger partial charge on any atom is -0.456 e. The number of nitrogens with zero attached hydrogens (tertiary/aromatic N) is 1. The molecule has 1 heterocycles. The van der Waals surface area contributed by atoms with E-state index in [2.05, 4.69) is 19.2 Å². The maximum absolute atomic E-state index is 12.3. The molecular weight excluding hydrogens is 372 g/mol. The molecule has 1 N–H and O–H groups in total. The number of fused-ring (bicyclic) bond motifs is 1. The number of hydrogen-bond acceptors (Lipinski definition) is 5. The van der Waals surface area contributed by atoms with Crippen molar-refractivity contribution in [2.75, 3.05) is 13.2 Å². The highest BCUT2D eigenvalue weighted by Gasteiger charge is 2.34. The highest BCUT2D eigenvalue weighted by atomic mass is 16.5. The van der Waals surface area contributed by atoms with Gasteiger partial charge in [0.15, 0.2) is 6.61 Å². The Hall–Kier alpha value is -2.70. The van der Waals surface area contributed by atoms with Crippen molar-refractivity contribution in [1.29, 1.82) is 0 Å². The highest BCUT2D eigenvalue weighted by molar-refractivity contribution is 6.21. The Labute approximate surface area is 170 Å². The molecule has 1 aromatic rings. The number of nitrogens with one attached hydrogen (secondary N) is 1. The van der Waals surface area contributed by atoms with Crippen LogP contribution in [0.4, 0.5) is 0 Å². The van der Waals surface area contributed by atoms with Crippen LogP contribution in [0, 0.1) is 11.8 Å². The van der Waals surface area contributed by atoms with Gasteiger partial charge in [0.25, 0.3) is 17.7 Å². The molecule has 0 spiro atoms. The lowest BCUT2D eigenvalue weighted by Crippen LogP contribution is -2.45. The Morgan fingerprint density at radius 1 is 1.10 bits per heavy atom. The monoisotopic (exact) mass is 400 g/mol. The fourth-order valence-electron chi connectivity index (χ4n) is 4.08. The Balaban J connectivity index is 1.37. The van der Waals surface area contributed by atoms with Crippen molar-refractivity contribution in [2.45, 2.75) is 52.0 Å². The summed E-state index contributed by atoms with van der Waals surface area (Å²) in [6.07, 6.45) is 3.55. The summed E-state index contributed by atoms with van der Waals surface area (Å²) < 4.78 is 5.05. The van der Waals surface area contributed by atoms with Gasteiger partial charge >= 0.3 is 5.97 Å². The molecule has 1 aliphatic heterocycles. The van der Waals surface area contributed by atoms with Crippen LogP contribution in [0.25, 0.3) is 0 Å². The molecule has 1 saturated carbocycles. The minimum atomic E-state index is -0.512. The molecule has 1 fully saturated rings. The van der Waals surface area contributed by atoms with Gasteiger partial charge in [0.1, 0.15) is 0 Å². The molecule has 3 amide bonds. The zero-order valence-electron chi connectivity index (χ0n) is 17.0. The summed E-state index contributed by atoms with van der Waals surface area (Å²) in [5.41, 5.74) is 0.783. The van der Waals surface area contributed by atoms with Gasteiger partial charge in [-0.3, -0.25) is 24.1 Å². The Morgan fingerprint density at radius 3 is 2.41 bits per heavy atom. The van der Waals surface area contributed by atoms with Crippen LogP contribution >= 0.6 is 0 Å². The summed E-state index contributed by atoms with van der Waals surface area (Å²) in [5.74, 6) is -0.503. The predicted molar refractivity (Wildman–Crippen MR) is 106 cm³/mol. The molecule has 1 aliphatic carbocycles. The van der Waals surface area contributed by atoms with Crippen molar-refractivity contribution >= 4 is 23.7 Å². The van der Waals surface area contributed by atoms with E-state index in [-0.39, 0.29) is 43.3 Å². The van der Waals surface area contributed by atoms with Crippen molar-refractivity contribution < 1.29 is 23.9 Å². The first-order valence-corrected chi connectivity index (χ1v) is 10.3. The molecule has 3 atom stereocenters. The van der Waals surface area contributed by atoms with Crippen LogP contribution in [0.2, 0.25) is 0 Å². The number of imide groups is 1. The maximum atomic E-state index is 12.3. The average molecular weight is 400 g/mol. The molecule has 0 bridgehead atoms. The van der Waals surface area contributed by atoms with Gasteiger partial charge in [0, 0.05) is 19.0 Å². The Bertz CT molecular complexity index is 771. The second-order valence-electron chi connectivity index (χ2n) is 8.01. The van der Waals surface area contributed by atoms with E-state index in [0.717, 1.165) is 17.7 Å². The van der Waals surface area contributed by atoms with Crippen LogP contribution in [-0.4, -0.2) is 47.8 Å². The summed E-state index contributed by atoms with van der Waals surface area (Å²) in [6.45, 7) is 4.17. The van der Waals surface area contributed by atoms with Gasteiger partial charge in [0.05, 0.1) is 11.1 Å². The minimum absolute atomic E-state index is 0.0392. The zero-order chi connectivity index (χ0) is 21.0. The molecule has 1 aromatic carbocycles. The van der Waals surface area contributed by atoms with E-state index in [0.29, 0.717) is 29.4 Å². The van der Waals surface area contributed by atoms with Crippen molar-refractivity contribution in [3.63, 3.8) is 0 Å². The second kappa shape index (κ2) is 9.20. The van der Waals surface area contributed by atoms with Gasteiger partial charge in [0.2, 0.25) is 0 Å². The third-order valence-corrected chi connectivity index (χ3v) is 6.06. The third kappa shape index (κ3) is 4.83. The lowest BCUT2D eigenvalue weighted by atomic mass is 9.78. The molecule has 0 unspecified atom stereocenters. The fraction of sp³-hybridized carbons (Fsp3) is 0.545. The van der Waals surface area contributed by atoms with Crippen LogP contribution in [0.1, 0.15) is 66.7 Å². The van der Waals surface area contributed by atoms with E-state index < -0.39 is 5.97 Å². The number of benzene rings is 1. The van der Waals surface area contributed by atoms with Crippen molar-refractivity contribution in [3.05, 3.63) is 35.4 Å². The topological polar surface area (TPSA) is 92.8 Å². The summed E-state index contributed by atoms with van der Waals surface area (Å²) in [6, 6.07) is 6.79. The van der Waals surface area contributed by atoms with E-state index in [9.17, 15) is 19.2 Å². The second-order valence-corrected chi connectivity index (χ2v) is 8.01. The number of hydrogen-bond donors (Lipinski definition) is 1. The number of esters is 1. The van der Waals surface area contributed by atoms with E-state index in [1.807, 2.05) is 0 Å². The van der Waals surface area contributed by atoms with Gasteiger partial charge in [-0.1, -0.05) is 38.8 Å². The first-order chi connectivity index (χ1) is 13.9. The average Bonchev–Trinajstić information content (AvgIpc) is 2.95. The number of carbonyl (C=O) groups excluding carboxylic acids is 4. The largest absolute Gasteiger partial charge is 0.456 e. The number of amides is 3. The van der Waals surface area contributed by atoms with Gasteiger partial charge in [-0.2, -0.15) is 0 Å². The van der Waals surface area contributed by atoms with Crippen molar-refractivity contribution in [2.24, 2.45) is 11.8 Å². The van der Waals surface area contributed by atoms with Crippen molar-refractivity contribution in [1.82, 2.24) is 10.2 Å². The van der Waals surface area contributed by atoms with Crippen LogP contribution in [0.3, 0.4) is 0 Å². The van der Waals surface area contributed by atoms with E-state index in [1.165, 1.54) is 6.42 Å². The maximum Gasteiger partial charge on any atom is 0.306 e. The summed E-state index contributed by atoms with van der Waals surface area (Å²) in [5, 5.41) is 2.96.